The lowest BCUT2D eigenvalue weighted by Crippen LogP contribution is -2.01. The maximum atomic E-state index is 6.00. The Hall–Kier alpha value is -2.30. The van der Waals surface area contributed by atoms with E-state index in [0.29, 0.717) is 21.8 Å². The second-order valence-electron chi connectivity index (χ2n) is 4.99. The smallest absolute Gasteiger partial charge is 0.229 e. The lowest BCUT2D eigenvalue weighted by Gasteiger charge is -2.10. The van der Waals surface area contributed by atoms with Crippen molar-refractivity contribution in [3.05, 3.63) is 70.3 Å². The van der Waals surface area contributed by atoms with Gasteiger partial charge in [-0.2, -0.15) is 4.98 Å². The molecule has 2 aromatic carbocycles. The molecule has 116 valence electrons. The number of benzene rings is 2. The van der Waals surface area contributed by atoms with E-state index in [1.54, 1.807) is 30.5 Å². The van der Waals surface area contributed by atoms with Crippen molar-refractivity contribution < 1.29 is 0 Å². The summed E-state index contributed by atoms with van der Waals surface area (Å²) in [6, 6.07) is 15.0. The van der Waals surface area contributed by atoms with E-state index >= 15 is 0 Å². The quantitative estimate of drug-likeness (QED) is 0.648. The summed E-state index contributed by atoms with van der Waals surface area (Å²) in [5, 5.41) is 7.50. The summed E-state index contributed by atoms with van der Waals surface area (Å²) in [7, 11) is 0. The first-order valence-corrected chi connectivity index (χ1v) is 7.74. The van der Waals surface area contributed by atoms with Crippen LogP contribution in [-0.4, -0.2) is 9.97 Å². The van der Waals surface area contributed by atoms with Crippen LogP contribution in [0.15, 0.2) is 54.7 Å². The number of halogens is 2. The summed E-state index contributed by atoms with van der Waals surface area (Å²) < 4.78 is 0. The number of para-hydroxylation sites is 1. The molecular formula is C17H14Cl2N4. The van der Waals surface area contributed by atoms with Crippen LogP contribution in [-0.2, 0) is 0 Å². The van der Waals surface area contributed by atoms with Gasteiger partial charge in [-0.3, -0.25) is 0 Å². The number of anilines is 4. The highest BCUT2D eigenvalue weighted by Gasteiger charge is 2.04. The Morgan fingerprint density at radius 3 is 2.39 bits per heavy atom. The maximum absolute atomic E-state index is 6.00. The number of nitrogens with zero attached hydrogens (tertiary/aromatic N) is 2. The van der Waals surface area contributed by atoms with Crippen molar-refractivity contribution in [2.45, 2.75) is 6.92 Å². The van der Waals surface area contributed by atoms with Crippen LogP contribution in [0.3, 0.4) is 0 Å². The molecule has 0 atom stereocenters. The van der Waals surface area contributed by atoms with Crippen molar-refractivity contribution in [1.82, 2.24) is 9.97 Å². The van der Waals surface area contributed by atoms with Crippen LogP contribution in [0.2, 0.25) is 10.0 Å². The van der Waals surface area contributed by atoms with Gasteiger partial charge in [-0.15, -0.1) is 0 Å². The monoisotopic (exact) mass is 344 g/mol. The summed E-state index contributed by atoms with van der Waals surface area (Å²) >= 11 is 12.0. The zero-order valence-electron chi connectivity index (χ0n) is 12.3. The SMILES string of the molecule is Cc1ccccc1Nc1nccc(Nc2cc(Cl)cc(Cl)c2)n1. The molecule has 0 radical (unpaired) electrons. The lowest BCUT2D eigenvalue weighted by molar-refractivity contribution is 1.16. The fourth-order valence-corrected chi connectivity index (χ4v) is 2.62. The van der Waals surface area contributed by atoms with Gasteiger partial charge in [0, 0.05) is 27.6 Å². The molecule has 1 aromatic heterocycles. The van der Waals surface area contributed by atoms with Crippen LogP contribution in [0, 0.1) is 6.92 Å². The van der Waals surface area contributed by atoms with Crippen molar-refractivity contribution in [2.75, 3.05) is 10.6 Å². The Morgan fingerprint density at radius 1 is 0.913 bits per heavy atom. The molecule has 0 aliphatic rings. The number of nitrogens with one attached hydrogen (secondary N) is 2. The van der Waals surface area contributed by atoms with Crippen LogP contribution in [0.25, 0.3) is 0 Å². The minimum atomic E-state index is 0.512. The third kappa shape index (κ3) is 4.12. The molecule has 0 aliphatic heterocycles. The van der Waals surface area contributed by atoms with Crippen molar-refractivity contribution in [1.29, 1.82) is 0 Å². The highest BCUT2D eigenvalue weighted by molar-refractivity contribution is 6.35. The van der Waals surface area contributed by atoms with E-state index in [1.807, 2.05) is 31.2 Å². The normalized spacial score (nSPS) is 10.4. The molecule has 0 bridgehead atoms. The zero-order chi connectivity index (χ0) is 16.2. The predicted molar refractivity (Wildman–Crippen MR) is 96.2 cm³/mol. The molecule has 0 saturated heterocycles. The number of aryl methyl sites for hydroxylation is 1. The maximum Gasteiger partial charge on any atom is 0.229 e. The summed E-state index contributed by atoms with van der Waals surface area (Å²) in [4.78, 5) is 8.68. The fourth-order valence-electron chi connectivity index (χ4n) is 2.10. The second-order valence-corrected chi connectivity index (χ2v) is 5.86. The van der Waals surface area contributed by atoms with Gasteiger partial charge in [-0.1, -0.05) is 41.4 Å². The molecule has 6 heteroatoms. The third-order valence-corrected chi connectivity index (χ3v) is 3.62. The Bertz CT molecular complexity index is 816. The largest absolute Gasteiger partial charge is 0.340 e. The van der Waals surface area contributed by atoms with Crippen LogP contribution in [0.5, 0.6) is 0 Å². The van der Waals surface area contributed by atoms with E-state index in [4.69, 9.17) is 23.2 Å². The molecule has 23 heavy (non-hydrogen) atoms. The Balaban J connectivity index is 1.81. The topological polar surface area (TPSA) is 49.8 Å². The Morgan fingerprint density at radius 2 is 1.65 bits per heavy atom. The van der Waals surface area contributed by atoms with Gasteiger partial charge in [0.15, 0.2) is 0 Å². The van der Waals surface area contributed by atoms with Gasteiger partial charge in [-0.25, -0.2) is 4.98 Å². The molecule has 0 spiro atoms. The molecular weight excluding hydrogens is 331 g/mol. The highest BCUT2D eigenvalue weighted by atomic mass is 35.5. The molecule has 3 rings (SSSR count). The molecule has 0 aliphatic carbocycles. The van der Waals surface area contributed by atoms with Crippen LogP contribution in [0.4, 0.5) is 23.1 Å². The molecule has 3 aromatic rings. The van der Waals surface area contributed by atoms with Crippen molar-refractivity contribution in [3.8, 4) is 0 Å². The van der Waals surface area contributed by atoms with Crippen molar-refractivity contribution in [2.24, 2.45) is 0 Å². The molecule has 0 unspecified atom stereocenters. The van der Waals surface area contributed by atoms with Gasteiger partial charge >= 0.3 is 0 Å². The fraction of sp³-hybridized carbons (Fsp3) is 0.0588. The first-order valence-electron chi connectivity index (χ1n) is 6.99. The number of hydrogen-bond donors (Lipinski definition) is 2. The first-order chi connectivity index (χ1) is 11.1. The molecule has 4 nitrogen and oxygen atoms in total. The minimum Gasteiger partial charge on any atom is -0.340 e. The summed E-state index contributed by atoms with van der Waals surface area (Å²) in [6.45, 7) is 2.03. The number of aromatic nitrogens is 2. The van der Waals surface area contributed by atoms with E-state index in [1.165, 1.54) is 0 Å². The molecule has 0 fully saturated rings. The zero-order valence-corrected chi connectivity index (χ0v) is 13.9. The summed E-state index contributed by atoms with van der Waals surface area (Å²) in [5.74, 6) is 1.16. The van der Waals surface area contributed by atoms with Crippen molar-refractivity contribution in [3.63, 3.8) is 0 Å². The standard InChI is InChI=1S/C17H14Cl2N4/c1-11-4-2-3-5-15(11)22-17-20-7-6-16(23-17)21-14-9-12(18)8-13(19)10-14/h2-10H,1H3,(H2,20,21,22,23). The van der Waals surface area contributed by atoms with Gasteiger partial charge in [-0.05, 0) is 42.8 Å². The van der Waals surface area contributed by atoms with Gasteiger partial charge in [0.1, 0.15) is 5.82 Å². The van der Waals surface area contributed by atoms with Crippen LogP contribution < -0.4 is 10.6 Å². The Kier molecular flexibility index (Phi) is 4.65. The molecule has 0 saturated carbocycles. The average Bonchev–Trinajstić information content (AvgIpc) is 2.49. The van der Waals surface area contributed by atoms with Crippen LogP contribution >= 0.6 is 23.2 Å². The molecule has 1 heterocycles. The third-order valence-electron chi connectivity index (χ3n) is 3.18. The van der Waals surface area contributed by atoms with E-state index in [2.05, 4.69) is 20.6 Å². The Labute approximate surface area is 144 Å². The second kappa shape index (κ2) is 6.86. The van der Waals surface area contributed by atoms with Gasteiger partial charge in [0.25, 0.3) is 0 Å². The first kappa shape index (κ1) is 15.6. The van der Waals surface area contributed by atoms with E-state index < -0.39 is 0 Å². The van der Waals surface area contributed by atoms with Gasteiger partial charge < -0.3 is 10.6 Å². The number of hydrogen-bond acceptors (Lipinski definition) is 4. The molecule has 2 N–H and O–H groups in total. The summed E-state index contributed by atoms with van der Waals surface area (Å²) in [5.41, 5.74) is 2.86. The van der Waals surface area contributed by atoms with Crippen molar-refractivity contribution >= 4 is 46.3 Å². The van der Waals surface area contributed by atoms with E-state index in [0.717, 1.165) is 16.9 Å². The summed E-state index contributed by atoms with van der Waals surface area (Å²) in [6.07, 6.45) is 1.68. The van der Waals surface area contributed by atoms with Gasteiger partial charge in [0.05, 0.1) is 0 Å². The average molecular weight is 345 g/mol. The van der Waals surface area contributed by atoms with E-state index in [9.17, 15) is 0 Å². The molecule has 0 amide bonds. The minimum absolute atomic E-state index is 0.512. The predicted octanol–water partition coefficient (Wildman–Crippen LogP) is 5.58. The number of rotatable bonds is 4. The van der Waals surface area contributed by atoms with E-state index in [-0.39, 0.29) is 0 Å². The van der Waals surface area contributed by atoms with Gasteiger partial charge in [0.2, 0.25) is 5.95 Å². The van der Waals surface area contributed by atoms with Crippen LogP contribution in [0.1, 0.15) is 5.56 Å². The highest BCUT2D eigenvalue weighted by Crippen LogP contribution is 2.25. The lowest BCUT2D eigenvalue weighted by atomic mass is 10.2.